The molecule has 0 N–H and O–H groups in total. The molecule has 24 heavy (non-hydrogen) atoms. The van der Waals surface area contributed by atoms with Gasteiger partial charge < -0.3 is 14.4 Å². The highest BCUT2D eigenvalue weighted by Gasteiger charge is 2.25. The first-order chi connectivity index (χ1) is 11.5. The van der Waals surface area contributed by atoms with Crippen molar-refractivity contribution in [3.8, 4) is 5.75 Å². The number of esters is 1. The van der Waals surface area contributed by atoms with Gasteiger partial charge in [0.2, 0.25) is 5.90 Å². The fourth-order valence-electron chi connectivity index (χ4n) is 2.00. The molecule has 0 spiro atoms. The van der Waals surface area contributed by atoms with E-state index in [-0.39, 0.29) is 11.6 Å². The van der Waals surface area contributed by atoms with E-state index in [1.165, 1.54) is 11.3 Å². The average Bonchev–Trinajstić information content (AvgIpc) is 3.12. The van der Waals surface area contributed by atoms with Crippen LogP contribution in [0.3, 0.4) is 0 Å². The number of carbonyl (C=O) groups excluding carboxylic acids is 1. The number of cyclic esters (lactones) is 1. The van der Waals surface area contributed by atoms with Gasteiger partial charge in [-0.15, -0.1) is 0 Å². The summed E-state index contributed by atoms with van der Waals surface area (Å²) in [5.74, 6) is 0.368. The molecule has 0 saturated carbocycles. The first kappa shape index (κ1) is 16.5. The number of anilines is 1. The third-order valence-electron chi connectivity index (χ3n) is 3.19. The van der Waals surface area contributed by atoms with Crippen LogP contribution < -0.4 is 9.64 Å². The molecule has 0 bridgehead atoms. The number of benzene rings is 1. The zero-order valence-corrected chi connectivity index (χ0v) is 14.8. The van der Waals surface area contributed by atoms with E-state index in [4.69, 9.17) is 21.1 Å². The molecule has 6 nitrogen and oxygen atoms in total. The molecule has 0 aliphatic carbocycles. The Morgan fingerprint density at radius 3 is 2.83 bits per heavy atom. The van der Waals surface area contributed by atoms with Crippen molar-refractivity contribution in [2.75, 3.05) is 26.1 Å². The largest absolute Gasteiger partial charge is 0.497 e. The van der Waals surface area contributed by atoms with E-state index in [2.05, 4.69) is 9.98 Å². The van der Waals surface area contributed by atoms with E-state index >= 15 is 0 Å². The maximum absolute atomic E-state index is 12.1. The number of rotatable bonds is 4. The Morgan fingerprint density at radius 1 is 1.38 bits per heavy atom. The third kappa shape index (κ3) is 3.27. The monoisotopic (exact) mass is 363 g/mol. The molecule has 2 aromatic rings. The summed E-state index contributed by atoms with van der Waals surface area (Å²) >= 11 is 7.49. The summed E-state index contributed by atoms with van der Waals surface area (Å²) in [4.78, 5) is 23.1. The molecule has 0 atom stereocenters. The molecule has 0 unspecified atom stereocenters. The van der Waals surface area contributed by atoms with Gasteiger partial charge in [0.15, 0.2) is 10.8 Å². The number of halogens is 1. The van der Waals surface area contributed by atoms with Crippen molar-refractivity contribution in [1.82, 2.24) is 4.98 Å². The van der Waals surface area contributed by atoms with Gasteiger partial charge >= 0.3 is 5.97 Å². The zero-order valence-electron chi connectivity index (χ0n) is 13.2. The van der Waals surface area contributed by atoms with Crippen molar-refractivity contribution in [3.63, 3.8) is 0 Å². The summed E-state index contributed by atoms with van der Waals surface area (Å²) < 4.78 is 10.4. The van der Waals surface area contributed by atoms with E-state index in [0.717, 1.165) is 5.13 Å². The number of aliphatic imine (C=N–C) groups is 1. The minimum atomic E-state index is -0.524. The summed E-state index contributed by atoms with van der Waals surface area (Å²) in [6.07, 6.45) is 1.59. The molecule has 0 saturated heterocycles. The lowest BCUT2D eigenvalue weighted by Gasteiger charge is -2.04. The van der Waals surface area contributed by atoms with Gasteiger partial charge in [-0.3, -0.25) is 0 Å². The maximum atomic E-state index is 12.1. The van der Waals surface area contributed by atoms with Gasteiger partial charge in [0.05, 0.1) is 12.0 Å². The van der Waals surface area contributed by atoms with Crippen molar-refractivity contribution in [3.05, 3.63) is 45.6 Å². The molecule has 1 aliphatic rings. The fourth-order valence-corrected chi connectivity index (χ4v) is 3.11. The van der Waals surface area contributed by atoms with Crippen molar-refractivity contribution >= 4 is 46.0 Å². The number of carbonyl (C=O) groups is 1. The Balaban J connectivity index is 1.94. The van der Waals surface area contributed by atoms with Gasteiger partial charge in [0.25, 0.3) is 0 Å². The summed E-state index contributed by atoms with van der Waals surface area (Å²) in [5, 5.41) is 1.07. The minimum absolute atomic E-state index is 0.184. The van der Waals surface area contributed by atoms with E-state index in [0.29, 0.717) is 21.3 Å². The van der Waals surface area contributed by atoms with Gasteiger partial charge in [-0.1, -0.05) is 29.0 Å². The van der Waals surface area contributed by atoms with E-state index in [9.17, 15) is 4.79 Å². The standard InChI is InChI=1S/C16H14ClN3O3S/c1-20(2)16-19-13(17)12(24-16)8-11-15(21)23-14(18-11)9-5-4-6-10(7-9)22-3/h4-8H,1-3H3/b11-8-. The second kappa shape index (κ2) is 6.62. The molecule has 124 valence electrons. The van der Waals surface area contributed by atoms with E-state index in [1.54, 1.807) is 37.5 Å². The molecule has 0 radical (unpaired) electrons. The van der Waals surface area contributed by atoms with Gasteiger partial charge in [-0.05, 0) is 24.3 Å². The Bertz CT molecular complexity index is 858. The molecule has 0 fully saturated rings. The number of hydrogen-bond donors (Lipinski definition) is 0. The quantitative estimate of drug-likeness (QED) is 0.616. The lowest BCUT2D eigenvalue weighted by Crippen LogP contribution is -2.07. The summed E-state index contributed by atoms with van der Waals surface area (Å²) in [5.41, 5.74) is 0.846. The number of ether oxygens (including phenoxy) is 2. The van der Waals surface area contributed by atoms with Crippen LogP contribution in [0.4, 0.5) is 5.13 Å². The van der Waals surface area contributed by atoms with Crippen molar-refractivity contribution < 1.29 is 14.3 Å². The molecule has 0 amide bonds. The molecule has 1 aromatic carbocycles. The molecule has 1 aliphatic heterocycles. The summed E-state index contributed by atoms with van der Waals surface area (Å²) in [6, 6.07) is 7.15. The molecular weight excluding hydrogens is 350 g/mol. The van der Waals surface area contributed by atoms with Crippen LogP contribution in [-0.4, -0.2) is 38.1 Å². The molecular formula is C16H14ClN3O3S. The van der Waals surface area contributed by atoms with Crippen molar-refractivity contribution in [2.24, 2.45) is 4.99 Å². The topological polar surface area (TPSA) is 64.0 Å². The smallest absolute Gasteiger partial charge is 0.363 e. The van der Waals surface area contributed by atoms with Gasteiger partial charge in [0.1, 0.15) is 10.9 Å². The van der Waals surface area contributed by atoms with Gasteiger partial charge in [0, 0.05) is 19.7 Å². The zero-order chi connectivity index (χ0) is 17.3. The number of hydrogen-bond acceptors (Lipinski definition) is 7. The summed E-state index contributed by atoms with van der Waals surface area (Å²) in [7, 11) is 5.31. The second-order valence-corrected chi connectivity index (χ2v) is 6.48. The molecule has 2 heterocycles. The van der Waals surface area contributed by atoms with Crippen molar-refractivity contribution in [2.45, 2.75) is 0 Å². The highest BCUT2D eigenvalue weighted by atomic mass is 35.5. The Labute approximate surface area is 148 Å². The number of nitrogens with zero attached hydrogens (tertiary/aromatic N) is 3. The van der Waals surface area contributed by atoms with Crippen LogP contribution in [0, 0.1) is 0 Å². The van der Waals surface area contributed by atoms with E-state index in [1.807, 2.05) is 19.0 Å². The van der Waals surface area contributed by atoms with Crippen LogP contribution in [0.5, 0.6) is 5.75 Å². The SMILES string of the molecule is COc1cccc(C2=N/C(=C\c3sc(N(C)C)nc3Cl)C(=O)O2)c1. The molecule has 8 heteroatoms. The first-order valence-corrected chi connectivity index (χ1v) is 8.18. The number of methoxy groups -OCH3 is 1. The van der Waals surface area contributed by atoms with Crippen LogP contribution in [0.25, 0.3) is 6.08 Å². The van der Waals surface area contributed by atoms with Crippen molar-refractivity contribution in [1.29, 1.82) is 0 Å². The number of thiazole rings is 1. The predicted molar refractivity (Wildman–Crippen MR) is 95.1 cm³/mol. The van der Waals surface area contributed by atoms with Crippen LogP contribution in [0.15, 0.2) is 35.0 Å². The normalized spacial score (nSPS) is 15.4. The van der Waals surface area contributed by atoms with E-state index < -0.39 is 5.97 Å². The molecule has 3 rings (SSSR count). The minimum Gasteiger partial charge on any atom is -0.497 e. The Hall–Kier alpha value is -2.38. The fraction of sp³-hybridized carbons (Fsp3) is 0.188. The lowest BCUT2D eigenvalue weighted by atomic mass is 10.2. The number of aromatic nitrogens is 1. The maximum Gasteiger partial charge on any atom is 0.363 e. The second-order valence-electron chi connectivity index (χ2n) is 5.11. The lowest BCUT2D eigenvalue weighted by molar-refractivity contribution is -0.129. The predicted octanol–water partition coefficient (Wildman–Crippen LogP) is 3.22. The summed E-state index contributed by atoms with van der Waals surface area (Å²) in [6.45, 7) is 0. The highest BCUT2D eigenvalue weighted by Crippen LogP contribution is 2.31. The molecule has 1 aromatic heterocycles. The van der Waals surface area contributed by atoms with Crippen LogP contribution >= 0.6 is 22.9 Å². The average molecular weight is 364 g/mol. The Morgan fingerprint density at radius 2 is 2.17 bits per heavy atom. The van der Waals surface area contributed by atoms with Gasteiger partial charge in [-0.25, -0.2) is 14.8 Å². The van der Waals surface area contributed by atoms with Crippen LogP contribution in [0.1, 0.15) is 10.4 Å². The van der Waals surface area contributed by atoms with Crippen LogP contribution in [0.2, 0.25) is 5.15 Å². The van der Waals surface area contributed by atoms with Gasteiger partial charge in [-0.2, -0.15) is 0 Å². The first-order valence-electron chi connectivity index (χ1n) is 6.98. The third-order valence-corrected chi connectivity index (χ3v) is 4.76. The van der Waals surface area contributed by atoms with Crippen LogP contribution in [-0.2, 0) is 9.53 Å². The Kier molecular flexibility index (Phi) is 4.55. The highest BCUT2D eigenvalue weighted by molar-refractivity contribution is 7.17.